The van der Waals surface area contributed by atoms with Crippen LogP contribution in [0.2, 0.25) is 0 Å². The Balaban J connectivity index is 1.48. The maximum absolute atomic E-state index is 13.0. The molecule has 10 heteroatoms. The number of nitrogens with one attached hydrogen (secondary N) is 1. The van der Waals surface area contributed by atoms with Crippen molar-refractivity contribution in [1.29, 1.82) is 0 Å². The summed E-state index contributed by atoms with van der Waals surface area (Å²) in [5.41, 5.74) is 2.40. The van der Waals surface area contributed by atoms with Gasteiger partial charge in [-0.1, -0.05) is 17.8 Å². The molecule has 1 amide bonds. The van der Waals surface area contributed by atoms with E-state index in [1.807, 2.05) is 27.0 Å². The monoisotopic (exact) mass is 464 g/mol. The molecule has 0 unspecified atom stereocenters. The Morgan fingerprint density at radius 3 is 2.67 bits per heavy atom. The van der Waals surface area contributed by atoms with Crippen LogP contribution in [0.4, 0.5) is 5.69 Å². The van der Waals surface area contributed by atoms with Gasteiger partial charge in [0, 0.05) is 36.6 Å². The maximum Gasteiger partial charge on any atom is 0.261 e. The van der Waals surface area contributed by atoms with E-state index in [9.17, 15) is 9.59 Å². The molecule has 4 rings (SSSR count). The predicted molar refractivity (Wildman–Crippen MR) is 127 cm³/mol. The first-order valence-electron chi connectivity index (χ1n) is 10.3. The minimum atomic E-state index is -0.405. The number of ether oxygens (including phenoxy) is 1. The van der Waals surface area contributed by atoms with Crippen LogP contribution in [0.15, 0.2) is 58.6 Å². The van der Waals surface area contributed by atoms with Crippen LogP contribution in [-0.4, -0.2) is 42.4 Å². The van der Waals surface area contributed by atoms with E-state index in [1.165, 1.54) is 16.2 Å². The summed E-state index contributed by atoms with van der Waals surface area (Å²) in [6.45, 7) is 3.63. The zero-order valence-corrected chi connectivity index (χ0v) is 19.6. The molecule has 3 aromatic heterocycles. The van der Waals surface area contributed by atoms with Crippen LogP contribution in [0.3, 0.4) is 0 Å². The molecule has 33 heavy (non-hydrogen) atoms. The number of rotatable bonds is 7. The normalized spacial score (nSPS) is 12.0. The molecule has 0 bridgehead atoms. The molecule has 0 saturated heterocycles. The number of nitrogens with zero attached hydrogens (tertiary/aromatic N) is 5. The molecular formula is C23H24N6O3S. The first kappa shape index (κ1) is 22.5. The van der Waals surface area contributed by atoms with Gasteiger partial charge in [-0.15, -0.1) is 10.2 Å². The highest BCUT2D eigenvalue weighted by Gasteiger charge is 2.20. The summed E-state index contributed by atoms with van der Waals surface area (Å²) >= 11 is 1.30. The van der Waals surface area contributed by atoms with Crippen molar-refractivity contribution in [3.8, 4) is 5.75 Å². The van der Waals surface area contributed by atoms with Crippen molar-refractivity contribution in [3.63, 3.8) is 0 Å². The Hall–Kier alpha value is -3.66. The van der Waals surface area contributed by atoms with Crippen molar-refractivity contribution in [2.45, 2.75) is 30.7 Å². The highest BCUT2D eigenvalue weighted by molar-refractivity contribution is 8.00. The van der Waals surface area contributed by atoms with Gasteiger partial charge >= 0.3 is 0 Å². The molecule has 0 spiro atoms. The zero-order chi connectivity index (χ0) is 23.5. The van der Waals surface area contributed by atoms with Crippen molar-refractivity contribution in [2.75, 3.05) is 12.4 Å². The van der Waals surface area contributed by atoms with E-state index >= 15 is 0 Å². The second-order valence-electron chi connectivity index (χ2n) is 7.52. The third kappa shape index (κ3) is 4.75. The number of hydrogen-bond acceptors (Lipinski definition) is 7. The first-order valence-corrected chi connectivity index (χ1v) is 11.2. The van der Waals surface area contributed by atoms with E-state index in [2.05, 4.69) is 20.5 Å². The van der Waals surface area contributed by atoms with Crippen LogP contribution in [-0.2, 0) is 18.3 Å². The number of aromatic nitrogens is 5. The smallest absolute Gasteiger partial charge is 0.261 e. The molecule has 0 radical (unpaired) electrons. The summed E-state index contributed by atoms with van der Waals surface area (Å²) in [6, 6.07) is 12.6. The molecule has 170 valence electrons. The van der Waals surface area contributed by atoms with Gasteiger partial charge in [-0.3, -0.25) is 14.0 Å². The lowest BCUT2D eigenvalue weighted by atomic mass is 10.1. The van der Waals surface area contributed by atoms with Gasteiger partial charge in [0.1, 0.15) is 17.2 Å². The summed E-state index contributed by atoms with van der Waals surface area (Å²) in [6.07, 6.45) is 2.00. The molecule has 0 aliphatic rings. The second kappa shape index (κ2) is 9.45. The van der Waals surface area contributed by atoms with Crippen molar-refractivity contribution < 1.29 is 9.53 Å². The molecular weight excluding hydrogens is 440 g/mol. The van der Waals surface area contributed by atoms with E-state index in [0.29, 0.717) is 40.0 Å². The molecule has 1 N–H and O–H groups in total. The minimum Gasteiger partial charge on any atom is -0.497 e. The quantitative estimate of drug-likeness (QED) is 0.420. The van der Waals surface area contributed by atoms with Crippen LogP contribution in [0, 0.1) is 6.92 Å². The van der Waals surface area contributed by atoms with Gasteiger partial charge in [0.25, 0.3) is 5.56 Å². The van der Waals surface area contributed by atoms with Crippen LogP contribution in [0.1, 0.15) is 24.0 Å². The lowest BCUT2D eigenvalue weighted by Crippen LogP contribution is -2.23. The Bertz CT molecular complexity index is 1360. The number of anilines is 1. The van der Waals surface area contributed by atoms with Gasteiger partial charge in [-0.25, -0.2) is 4.98 Å². The van der Waals surface area contributed by atoms with Crippen LogP contribution >= 0.6 is 11.8 Å². The predicted octanol–water partition coefficient (Wildman–Crippen LogP) is 2.85. The van der Waals surface area contributed by atoms with Gasteiger partial charge in [0.2, 0.25) is 5.91 Å². The summed E-state index contributed by atoms with van der Waals surface area (Å²) in [5.74, 6) is 1.19. The molecule has 0 saturated carbocycles. The fourth-order valence-electron chi connectivity index (χ4n) is 3.33. The van der Waals surface area contributed by atoms with Crippen molar-refractivity contribution in [1.82, 2.24) is 24.1 Å². The number of amides is 1. The number of fused-ring (bicyclic) bond motifs is 1. The van der Waals surface area contributed by atoms with Gasteiger partial charge in [-0.05, 0) is 50.2 Å². The summed E-state index contributed by atoms with van der Waals surface area (Å²) in [7, 11) is 3.42. The Labute approximate surface area is 194 Å². The Morgan fingerprint density at radius 2 is 1.94 bits per heavy atom. The van der Waals surface area contributed by atoms with E-state index in [0.717, 1.165) is 5.75 Å². The molecule has 3 heterocycles. The topological polar surface area (TPSA) is 103 Å². The second-order valence-corrected chi connectivity index (χ2v) is 8.83. The lowest BCUT2D eigenvalue weighted by molar-refractivity contribution is -0.115. The minimum absolute atomic E-state index is 0.123. The fraction of sp³-hybridized carbons (Fsp3) is 0.261. The number of methoxy groups -OCH3 is 1. The molecule has 4 aromatic rings. The molecule has 1 atom stereocenters. The van der Waals surface area contributed by atoms with Crippen LogP contribution in [0.25, 0.3) is 5.65 Å². The van der Waals surface area contributed by atoms with Gasteiger partial charge in [-0.2, -0.15) is 0 Å². The third-order valence-electron chi connectivity index (χ3n) is 5.30. The lowest BCUT2D eigenvalue weighted by Gasteiger charge is -2.12. The number of benzene rings is 1. The number of thioether (sulfide) groups is 1. The number of pyridine rings is 1. The largest absolute Gasteiger partial charge is 0.497 e. The van der Waals surface area contributed by atoms with E-state index in [4.69, 9.17) is 4.74 Å². The van der Waals surface area contributed by atoms with Crippen LogP contribution < -0.4 is 15.6 Å². The fourth-order valence-corrected chi connectivity index (χ4v) is 4.16. The number of carbonyl (C=O) groups is 1. The number of carbonyl (C=O) groups excluding carboxylic acids is 1. The molecule has 1 aromatic carbocycles. The Morgan fingerprint density at radius 1 is 1.18 bits per heavy atom. The van der Waals surface area contributed by atoms with Gasteiger partial charge in [0.05, 0.1) is 12.4 Å². The molecule has 0 fully saturated rings. The van der Waals surface area contributed by atoms with Gasteiger partial charge in [0.15, 0.2) is 5.16 Å². The maximum atomic E-state index is 13.0. The SMILES string of the molecule is COc1ccc(NC(=O)[C@H](C)Sc2nnc(Cc3c(C)nc4ccccn4c3=O)n2C)cc1. The van der Waals surface area contributed by atoms with Crippen molar-refractivity contribution >= 4 is 29.0 Å². The molecule has 0 aliphatic carbocycles. The first-order chi connectivity index (χ1) is 15.9. The van der Waals surface area contributed by atoms with E-state index in [1.54, 1.807) is 54.3 Å². The number of aryl methyl sites for hydroxylation is 1. The molecule has 0 aliphatic heterocycles. The van der Waals surface area contributed by atoms with Crippen molar-refractivity contribution in [2.24, 2.45) is 7.05 Å². The number of hydrogen-bond donors (Lipinski definition) is 1. The van der Waals surface area contributed by atoms with Crippen LogP contribution in [0.5, 0.6) is 5.75 Å². The standard InChI is InChI=1S/C23H24N6O3S/c1-14-18(22(31)29-12-6-5-7-19(29)24-14)13-20-26-27-23(28(20)3)33-15(2)21(30)25-16-8-10-17(32-4)11-9-16/h5-12,15H,13H2,1-4H3,(H,25,30)/t15-/m0/s1. The third-order valence-corrected chi connectivity index (χ3v) is 6.44. The average Bonchev–Trinajstić information content (AvgIpc) is 3.15. The zero-order valence-electron chi connectivity index (χ0n) is 18.8. The average molecular weight is 465 g/mol. The van der Waals surface area contributed by atoms with E-state index < -0.39 is 5.25 Å². The van der Waals surface area contributed by atoms with Crippen molar-refractivity contribution in [3.05, 3.63) is 76.1 Å². The van der Waals surface area contributed by atoms with E-state index in [-0.39, 0.29) is 11.5 Å². The highest BCUT2D eigenvalue weighted by Crippen LogP contribution is 2.24. The Kier molecular flexibility index (Phi) is 6.45. The molecule has 9 nitrogen and oxygen atoms in total. The summed E-state index contributed by atoms with van der Waals surface area (Å²) < 4.78 is 8.47. The highest BCUT2D eigenvalue weighted by atomic mass is 32.2. The van der Waals surface area contributed by atoms with Gasteiger partial charge < -0.3 is 14.6 Å². The summed E-state index contributed by atoms with van der Waals surface area (Å²) in [4.78, 5) is 30.1. The summed E-state index contributed by atoms with van der Waals surface area (Å²) in [5, 5.41) is 11.6.